The summed E-state index contributed by atoms with van der Waals surface area (Å²) in [6.07, 6.45) is 0. The van der Waals surface area contributed by atoms with Gasteiger partial charge >= 0.3 is 0 Å². The Morgan fingerprint density at radius 3 is 2.91 bits per heavy atom. The Balaban J connectivity index is 2.71. The molecule has 0 amide bonds. The SMILES string of the molecule is NC(N)=NC1=N/C(=C\Cl)CS1. The number of hydrogen-bond donors (Lipinski definition) is 2. The van der Waals surface area contributed by atoms with E-state index in [9.17, 15) is 0 Å². The van der Waals surface area contributed by atoms with Crippen molar-refractivity contribution < 1.29 is 0 Å². The summed E-state index contributed by atoms with van der Waals surface area (Å²) in [7, 11) is 0. The van der Waals surface area contributed by atoms with Gasteiger partial charge in [0.1, 0.15) is 0 Å². The van der Waals surface area contributed by atoms with Gasteiger partial charge in [0.2, 0.25) is 0 Å². The van der Waals surface area contributed by atoms with Gasteiger partial charge in [0.05, 0.1) is 5.70 Å². The van der Waals surface area contributed by atoms with Crippen LogP contribution in [-0.2, 0) is 0 Å². The molecular formula is C5H7ClN4S. The van der Waals surface area contributed by atoms with Gasteiger partial charge in [-0.15, -0.1) is 0 Å². The standard InChI is InChI=1S/C5H7ClN4S/c6-1-3-2-11-5(9-3)10-4(7)8/h1H,2H2,(H4,7,8,9,10)/b3-1-. The van der Waals surface area contributed by atoms with Crippen molar-refractivity contribution in [3.63, 3.8) is 0 Å². The number of hydrogen-bond acceptors (Lipinski definition) is 3. The third-order valence-corrected chi connectivity index (χ3v) is 2.07. The van der Waals surface area contributed by atoms with Gasteiger partial charge in [-0.3, -0.25) is 0 Å². The van der Waals surface area contributed by atoms with Crippen LogP contribution in [0.15, 0.2) is 21.2 Å². The zero-order valence-electron chi connectivity index (χ0n) is 5.62. The van der Waals surface area contributed by atoms with Crippen LogP contribution >= 0.6 is 23.4 Å². The molecule has 1 aliphatic rings. The van der Waals surface area contributed by atoms with Gasteiger partial charge in [0, 0.05) is 11.3 Å². The Morgan fingerprint density at radius 1 is 1.73 bits per heavy atom. The minimum atomic E-state index is 0.0204. The van der Waals surface area contributed by atoms with E-state index in [1.54, 1.807) is 0 Å². The van der Waals surface area contributed by atoms with Crippen molar-refractivity contribution >= 4 is 34.5 Å². The van der Waals surface area contributed by atoms with Crippen molar-refractivity contribution in [2.45, 2.75) is 0 Å². The molecule has 60 valence electrons. The van der Waals surface area contributed by atoms with Gasteiger partial charge in [0.15, 0.2) is 11.1 Å². The molecule has 0 bridgehead atoms. The first-order valence-electron chi connectivity index (χ1n) is 2.83. The van der Waals surface area contributed by atoms with E-state index in [4.69, 9.17) is 23.1 Å². The number of halogens is 1. The van der Waals surface area contributed by atoms with Crippen molar-refractivity contribution in [3.05, 3.63) is 11.2 Å². The predicted octanol–water partition coefficient (Wildman–Crippen LogP) is 0.443. The summed E-state index contributed by atoms with van der Waals surface area (Å²) >= 11 is 6.87. The number of nitrogens with two attached hydrogens (primary N) is 2. The fourth-order valence-electron chi connectivity index (χ4n) is 0.550. The van der Waals surface area contributed by atoms with Crippen LogP contribution in [0.4, 0.5) is 0 Å². The summed E-state index contributed by atoms with van der Waals surface area (Å²) in [5, 5.41) is 0.567. The van der Waals surface area contributed by atoms with E-state index in [0.29, 0.717) is 5.17 Å². The molecule has 11 heavy (non-hydrogen) atoms. The molecule has 0 fully saturated rings. The first kappa shape index (κ1) is 8.42. The van der Waals surface area contributed by atoms with Crippen LogP contribution < -0.4 is 11.5 Å². The molecule has 0 aromatic rings. The normalized spacial score (nSPS) is 20.1. The lowest BCUT2D eigenvalue weighted by Gasteiger charge is -1.88. The van der Waals surface area contributed by atoms with Crippen LogP contribution in [0.25, 0.3) is 0 Å². The predicted molar refractivity (Wildman–Crippen MR) is 49.6 cm³/mol. The van der Waals surface area contributed by atoms with Crippen LogP contribution in [0.5, 0.6) is 0 Å². The summed E-state index contributed by atoms with van der Waals surface area (Å²) in [5.74, 6) is 0.752. The van der Waals surface area contributed by atoms with Crippen LogP contribution in [0.1, 0.15) is 0 Å². The summed E-state index contributed by atoms with van der Waals surface area (Å²) in [5.41, 5.74) is 12.5. The fourth-order valence-corrected chi connectivity index (χ4v) is 1.54. The van der Waals surface area contributed by atoms with Crippen LogP contribution in [-0.4, -0.2) is 16.9 Å². The van der Waals surface area contributed by atoms with Gasteiger partial charge in [0.25, 0.3) is 0 Å². The summed E-state index contributed by atoms with van der Waals surface area (Å²) < 4.78 is 0. The zero-order valence-corrected chi connectivity index (χ0v) is 7.19. The molecular weight excluding hydrogens is 184 g/mol. The number of aliphatic imine (C=N–C) groups is 2. The maximum atomic E-state index is 5.42. The molecule has 4 N–H and O–H groups in total. The largest absolute Gasteiger partial charge is 0.370 e. The minimum absolute atomic E-state index is 0.0204. The molecule has 1 heterocycles. The molecule has 0 spiro atoms. The Labute approximate surface area is 73.4 Å². The van der Waals surface area contributed by atoms with Gasteiger partial charge < -0.3 is 11.5 Å². The van der Waals surface area contributed by atoms with E-state index in [2.05, 4.69) is 9.98 Å². The monoisotopic (exact) mass is 190 g/mol. The summed E-state index contributed by atoms with van der Waals surface area (Å²) in [4.78, 5) is 7.77. The second-order valence-electron chi connectivity index (χ2n) is 1.82. The first-order chi connectivity index (χ1) is 5.22. The Morgan fingerprint density at radius 2 is 2.45 bits per heavy atom. The molecule has 0 unspecified atom stereocenters. The van der Waals surface area contributed by atoms with Crippen LogP contribution in [0.2, 0.25) is 0 Å². The third-order valence-electron chi connectivity index (χ3n) is 0.939. The van der Waals surface area contributed by atoms with Crippen molar-refractivity contribution in [1.82, 2.24) is 0 Å². The van der Waals surface area contributed by atoms with Crippen molar-refractivity contribution in [1.29, 1.82) is 0 Å². The molecule has 6 heteroatoms. The Kier molecular flexibility index (Phi) is 2.78. The molecule has 0 saturated carbocycles. The van der Waals surface area contributed by atoms with E-state index < -0.39 is 0 Å². The van der Waals surface area contributed by atoms with E-state index in [-0.39, 0.29) is 5.96 Å². The molecule has 0 saturated heterocycles. The summed E-state index contributed by atoms with van der Waals surface area (Å²) in [6, 6.07) is 0. The fraction of sp³-hybridized carbons (Fsp3) is 0.200. The third kappa shape index (κ3) is 2.44. The highest BCUT2D eigenvalue weighted by atomic mass is 35.5. The topological polar surface area (TPSA) is 76.8 Å². The average Bonchev–Trinajstić information content (AvgIpc) is 2.34. The van der Waals surface area contributed by atoms with Crippen molar-refractivity contribution in [2.75, 3.05) is 5.75 Å². The maximum Gasteiger partial charge on any atom is 0.193 e. The highest BCUT2D eigenvalue weighted by molar-refractivity contribution is 8.14. The second-order valence-corrected chi connectivity index (χ2v) is 2.98. The number of thioether (sulfide) groups is 1. The van der Waals surface area contributed by atoms with Gasteiger partial charge in [-0.25, -0.2) is 4.99 Å². The van der Waals surface area contributed by atoms with E-state index in [1.165, 1.54) is 17.3 Å². The second kappa shape index (κ2) is 3.64. The molecule has 1 rings (SSSR count). The highest BCUT2D eigenvalue weighted by Crippen LogP contribution is 2.21. The number of rotatable bonds is 0. The summed E-state index contributed by atoms with van der Waals surface area (Å²) in [6.45, 7) is 0. The molecule has 0 atom stereocenters. The lowest BCUT2D eigenvalue weighted by atomic mass is 10.6. The molecule has 0 aromatic carbocycles. The molecule has 1 aliphatic heterocycles. The molecule has 4 nitrogen and oxygen atoms in total. The van der Waals surface area contributed by atoms with Gasteiger partial charge in [-0.2, -0.15) is 4.99 Å². The average molecular weight is 191 g/mol. The van der Waals surface area contributed by atoms with Gasteiger partial charge in [-0.05, 0) is 0 Å². The number of nitrogens with zero attached hydrogens (tertiary/aromatic N) is 2. The maximum absolute atomic E-state index is 5.42. The van der Waals surface area contributed by atoms with Crippen molar-refractivity contribution in [3.8, 4) is 0 Å². The quantitative estimate of drug-likeness (QED) is 0.430. The minimum Gasteiger partial charge on any atom is -0.370 e. The Hall–Kier alpha value is -0.680. The lowest BCUT2D eigenvalue weighted by Crippen LogP contribution is -2.23. The molecule has 0 aliphatic carbocycles. The van der Waals surface area contributed by atoms with E-state index >= 15 is 0 Å². The highest BCUT2D eigenvalue weighted by Gasteiger charge is 2.10. The van der Waals surface area contributed by atoms with Crippen LogP contribution in [0, 0.1) is 0 Å². The molecule has 0 radical (unpaired) electrons. The van der Waals surface area contributed by atoms with Crippen LogP contribution in [0.3, 0.4) is 0 Å². The smallest absolute Gasteiger partial charge is 0.193 e. The van der Waals surface area contributed by atoms with Gasteiger partial charge in [-0.1, -0.05) is 23.4 Å². The number of amidine groups is 1. The van der Waals surface area contributed by atoms with E-state index in [0.717, 1.165) is 11.4 Å². The Bertz CT molecular complexity index is 241. The molecule has 0 aromatic heterocycles. The lowest BCUT2D eigenvalue weighted by molar-refractivity contribution is 1.35. The first-order valence-corrected chi connectivity index (χ1v) is 4.25. The zero-order chi connectivity index (χ0) is 8.27. The van der Waals surface area contributed by atoms with E-state index in [1.807, 2.05) is 0 Å². The number of guanidine groups is 1. The van der Waals surface area contributed by atoms with Crippen molar-refractivity contribution in [2.24, 2.45) is 21.5 Å².